The molecule has 0 spiro atoms. The molecule has 4 N–H and O–H groups in total. The molecular weight excluding hydrogens is 246 g/mol. The zero-order valence-corrected chi connectivity index (χ0v) is 9.68. The fourth-order valence-electron chi connectivity index (χ4n) is 2.28. The van der Waals surface area contributed by atoms with Gasteiger partial charge in [0.1, 0.15) is 11.5 Å². The van der Waals surface area contributed by atoms with Crippen molar-refractivity contribution in [1.82, 2.24) is 0 Å². The molecule has 0 saturated heterocycles. The van der Waals surface area contributed by atoms with Crippen molar-refractivity contribution in [1.29, 1.82) is 0 Å². The van der Waals surface area contributed by atoms with Crippen LogP contribution < -0.4 is 5.73 Å². The first-order valence-electron chi connectivity index (χ1n) is 5.55. The number of hydrogen-bond acceptors (Lipinski definition) is 5. The van der Waals surface area contributed by atoms with Crippen molar-refractivity contribution >= 4 is 17.3 Å². The Bertz CT molecular complexity index is 749. The standard InChI is InChI=1S/C14H9NO4/c15-12-9(17)5-8(16)10-11(12)14(19)7-4-2-1-3-6(7)13(10)18/h1-5,16-17H,15H2. The third-order valence-electron chi connectivity index (χ3n) is 3.20. The van der Waals surface area contributed by atoms with Crippen LogP contribution in [0.5, 0.6) is 11.5 Å². The van der Waals surface area contributed by atoms with E-state index in [0.29, 0.717) is 0 Å². The largest absolute Gasteiger partial charge is 0.507 e. The van der Waals surface area contributed by atoms with Crippen molar-refractivity contribution in [2.45, 2.75) is 0 Å². The SMILES string of the molecule is Nc1c(O)cc(O)c2c1C(=O)c1ccccc1C2=O. The number of rotatable bonds is 0. The molecular formula is C14H9NO4. The van der Waals surface area contributed by atoms with E-state index in [0.717, 1.165) is 6.07 Å². The van der Waals surface area contributed by atoms with E-state index < -0.39 is 23.1 Å². The molecule has 2 aromatic carbocycles. The molecule has 0 fully saturated rings. The topological polar surface area (TPSA) is 101 Å². The van der Waals surface area contributed by atoms with Gasteiger partial charge in [0.25, 0.3) is 0 Å². The van der Waals surface area contributed by atoms with Gasteiger partial charge >= 0.3 is 0 Å². The maximum Gasteiger partial charge on any atom is 0.198 e. The summed E-state index contributed by atoms with van der Waals surface area (Å²) in [6.07, 6.45) is 0. The van der Waals surface area contributed by atoms with E-state index >= 15 is 0 Å². The van der Waals surface area contributed by atoms with Gasteiger partial charge in [0, 0.05) is 17.2 Å². The van der Waals surface area contributed by atoms with E-state index in [-0.39, 0.29) is 27.9 Å². The average Bonchev–Trinajstić information content (AvgIpc) is 2.40. The van der Waals surface area contributed by atoms with Crippen LogP contribution in [0.1, 0.15) is 31.8 Å². The average molecular weight is 255 g/mol. The first-order valence-corrected chi connectivity index (χ1v) is 5.55. The number of ketones is 2. The fourth-order valence-corrected chi connectivity index (χ4v) is 2.28. The van der Waals surface area contributed by atoms with E-state index in [1.165, 1.54) is 12.1 Å². The molecule has 94 valence electrons. The number of benzene rings is 2. The molecule has 0 bridgehead atoms. The molecule has 0 unspecified atom stereocenters. The maximum atomic E-state index is 12.3. The zero-order valence-electron chi connectivity index (χ0n) is 9.68. The highest BCUT2D eigenvalue weighted by Crippen LogP contribution is 2.40. The lowest BCUT2D eigenvalue weighted by molar-refractivity contribution is 0.0977. The van der Waals surface area contributed by atoms with Crippen LogP contribution >= 0.6 is 0 Å². The van der Waals surface area contributed by atoms with E-state index in [4.69, 9.17) is 5.73 Å². The number of carbonyl (C=O) groups is 2. The van der Waals surface area contributed by atoms with Gasteiger partial charge in [-0.3, -0.25) is 9.59 Å². The van der Waals surface area contributed by atoms with Crippen molar-refractivity contribution in [2.24, 2.45) is 0 Å². The summed E-state index contributed by atoms with van der Waals surface area (Å²) in [6.45, 7) is 0. The Morgan fingerprint density at radius 1 is 0.842 bits per heavy atom. The van der Waals surface area contributed by atoms with Crippen LogP contribution in [0, 0.1) is 0 Å². The van der Waals surface area contributed by atoms with Crippen molar-refractivity contribution in [3.8, 4) is 11.5 Å². The molecule has 19 heavy (non-hydrogen) atoms. The van der Waals surface area contributed by atoms with E-state index in [9.17, 15) is 19.8 Å². The Morgan fingerprint density at radius 2 is 1.37 bits per heavy atom. The molecule has 0 aliphatic heterocycles. The van der Waals surface area contributed by atoms with Crippen LogP contribution in [0.4, 0.5) is 5.69 Å². The van der Waals surface area contributed by atoms with Gasteiger partial charge in [0.2, 0.25) is 0 Å². The summed E-state index contributed by atoms with van der Waals surface area (Å²) in [5.41, 5.74) is 5.60. The molecule has 1 aliphatic rings. The van der Waals surface area contributed by atoms with Gasteiger partial charge in [-0.25, -0.2) is 0 Å². The summed E-state index contributed by atoms with van der Waals surface area (Å²) in [6, 6.07) is 7.26. The number of phenolic OH excluding ortho intramolecular Hbond substituents is 2. The van der Waals surface area contributed by atoms with Crippen LogP contribution in [0.15, 0.2) is 30.3 Å². The number of anilines is 1. The van der Waals surface area contributed by atoms with E-state index in [1.54, 1.807) is 12.1 Å². The van der Waals surface area contributed by atoms with Crippen molar-refractivity contribution in [3.05, 3.63) is 52.6 Å². The highest BCUT2D eigenvalue weighted by molar-refractivity contribution is 6.31. The van der Waals surface area contributed by atoms with Crippen molar-refractivity contribution < 1.29 is 19.8 Å². The zero-order chi connectivity index (χ0) is 13.7. The predicted octanol–water partition coefficient (Wildman–Crippen LogP) is 1.46. The first kappa shape index (κ1) is 11.3. The Hall–Kier alpha value is -2.82. The second-order valence-electron chi connectivity index (χ2n) is 4.28. The number of nitrogen functional groups attached to an aromatic ring is 1. The molecule has 5 heteroatoms. The highest BCUT2D eigenvalue weighted by Gasteiger charge is 2.34. The summed E-state index contributed by atoms with van der Waals surface area (Å²) < 4.78 is 0. The van der Waals surface area contributed by atoms with E-state index in [1.807, 2.05) is 0 Å². The molecule has 0 saturated carbocycles. The Morgan fingerprint density at radius 3 is 1.95 bits per heavy atom. The van der Waals surface area contributed by atoms with Gasteiger partial charge in [-0.2, -0.15) is 0 Å². The third kappa shape index (κ3) is 1.35. The van der Waals surface area contributed by atoms with Gasteiger partial charge < -0.3 is 15.9 Å². The summed E-state index contributed by atoms with van der Waals surface area (Å²) in [5.74, 6) is -1.82. The minimum atomic E-state index is -0.478. The van der Waals surface area contributed by atoms with Gasteiger partial charge in [-0.15, -0.1) is 0 Å². The Labute approximate surface area is 107 Å². The Balaban J connectivity index is 2.43. The summed E-state index contributed by atoms with van der Waals surface area (Å²) >= 11 is 0. The number of aromatic hydroxyl groups is 2. The number of hydrogen-bond donors (Lipinski definition) is 3. The van der Waals surface area contributed by atoms with Crippen LogP contribution in [-0.2, 0) is 0 Å². The van der Waals surface area contributed by atoms with Crippen LogP contribution in [0.25, 0.3) is 0 Å². The third-order valence-corrected chi connectivity index (χ3v) is 3.20. The first-order chi connectivity index (χ1) is 9.02. The molecule has 3 rings (SSSR count). The predicted molar refractivity (Wildman–Crippen MR) is 67.5 cm³/mol. The number of phenols is 2. The molecule has 0 amide bonds. The van der Waals surface area contributed by atoms with Gasteiger partial charge in [-0.1, -0.05) is 24.3 Å². The molecule has 0 aromatic heterocycles. The molecule has 5 nitrogen and oxygen atoms in total. The van der Waals surface area contributed by atoms with Crippen molar-refractivity contribution in [2.75, 3.05) is 5.73 Å². The van der Waals surface area contributed by atoms with Crippen LogP contribution in [0.2, 0.25) is 0 Å². The van der Waals surface area contributed by atoms with Gasteiger partial charge in [-0.05, 0) is 0 Å². The van der Waals surface area contributed by atoms with Gasteiger partial charge in [0.05, 0.1) is 16.8 Å². The molecule has 0 radical (unpaired) electrons. The van der Waals surface area contributed by atoms with Gasteiger partial charge in [0.15, 0.2) is 11.6 Å². The van der Waals surface area contributed by atoms with Crippen LogP contribution in [-0.4, -0.2) is 21.8 Å². The number of nitrogens with two attached hydrogens (primary N) is 1. The number of fused-ring (bicyclic) bond motifs is 2. The monoisotopic (exact) mass is 255 g/mol. The maximum absolute atomic E-state index is 12.3. The quantitative estimate of drug-likeness (QED) is 0.320. The minimum Gasteiger partial charge on any atom is -0.507 e. The second kappa shape index (κ2) is 3.58. The lowest BCUT2D eigenvalue weighted by Gasteiger charge is -2.20. The molecule has 0 atom stereocenters. The minimum absolute atomic E-state index is 0.138. The summed E-state index contributed by atoms with van der Waals surface area (Å²) in [5, 5.41) is 19.3. The lowest BCUT2D eigenvalue weighted by atomic mass is 9.82. The fraction of sp³-hybridized carbons (Fsp3) is 0. The summed E-state index contributed by atoms with van der Waals surface area (Å²) in [4.78, 5) is 24.6. The van der Waals surface area contributed by atoms with E-state index in [2.05, 4.69) is 0 Å². The molecule has 2 aromatic rings. The van der Waals surface area contributed by atoms with Crippen LogP contribution in [0.3, 0.4) is 0 Å². The normalized spacial score (nSPS) is 13.1. The lowest BCUT2D eigenvalue weighted by Crippen LogP contribution is -2.22. The second-order valence-corrected chi connectivity index (χ2v) is 4.28. The number of carbonyl (C=O) groups excluding carboxylic acids is 2. The highest BCUT2D eigenvalue weighted by atomic mass is 16.3. The Kier molecular flexibility index (Phi) is 2.13. The molecule has 0 heterocycles. The molecule has 1 aliphatic carbocycles. The van der Waals surface area contributed by atoms with Crippen molar-refractivity contribution in [3.63, 3.8) is 0 Å². The smallest absolute Gasteiger partial charge is 0.198 e. The summed E-state index contributed by atoms with van der Waals surface area (Å²) in [7, 11) is 0.